The Kier molecular flexibility index (Phi) is 3.34. The minimum atomic E-state index is -4.49. The van der Waals surface area contributed by atoms with E-state index in [1.807, 2.05) is 31.2 Å². The van der Waals surface area contributed by atoms with Crippen molar-refractivity contribution in [2.24, 2.45) is 0 Å². The Morgan fingerprint density at radius 2 is 1.95 bits per heavy atom. The van der Waals surface area contributed by atoms with Gasteiger partial charge in [-0.25, -0.2) is 0 Å². The topological polar surface area (TPSA) is 27.0 Å². The normalized spacial score (nSPS) is 15.6. The van der Waals surface area contributed by atoms with Crippen LogP contribution in [-0.4, -0.2) is 12.7 Å². The number of alkyl halides is 3. The molecule has 5 heteroatoms. The van der Waals surface area contributed by atoms with E-state index in [2.05, 4.69) is 0 Å². The molecule has 19 heavy (non-hydrogen) atoms. The minimum absolute atomic E-state index is 0.0628. The van der Waals surface area contributed by atoms with Gasteiger partial charge in [-0.05, 0) is 24.6 Å². The molecule has 2 nitrogen and oxygen atoms in total. The first-order valence-electron chi connectivity index (χ1n) is 5.64. The Morgan fingerprint density at radius 3 is 2.53 bits per heavy atom. The lowest BCUT2D eigenvalue weighted by molar-refractivity contribution is -0.0889. The number of nitrogens with zero attached hydrogens (tertiary/aromatic N) is 2. The number of anilines is 1. The summed E-state index contributed by atoms with van der Waals surface area (Å²) < 4.78 is 38.1. The Morgan fingerprint density at radius 1 is 1.26 bits per heavy atom. The van der Waals surface area contributed by atoms with Crippen LogP contribution in [0.2, 0.25) is 0 Å². The molecule has 0 aliphatic carbocycles. The summed E-state index contributed by atoms with van der Waals surface area (Å²) in [7, 11) is 0. The van der Waals surface area contributed by atoms with E-state index < -0.39 is 11.7 Å². The second kappa shape index (κ2) is 4.81. The van der Waals surface area contributed by atoms with Gasteiger partial charge in [0.25, 0.3) is 0 Å². The molecule has 0 atom stereocenters. The third kappa shape index (κ3) is 2.63. The van der Waals surface area contributed by atoms with Gasteiger partial charge in [-0.15, -0.1) is 0 Å². The number of nitriles is 1. The number of benzene rings is 1. The Labute approximate surface area is 109 Å². The average Bonchev–Trinajstić information content (AvgIpc) is 2.37. The van der Waals surface area contributed by atoms with E-state index in [0.717, 1.165) is 17.3 Å². The van der Waals surface area contributed by atoms with E-state index in [4.69, 9.17) is 5.26 Å². The third-order valence-electron chi connectivity index (χ3n) is 2.94. The zero-order chi connectivity index (χ0) is 14.0. The van der Waals surface area contributed by atoms with Crippen molar-refractivity contribution in [1.82, 2.24) is 0 Å². The summed E-state index contributed by atoms with van der Waals surface area (Å²) in [5.41, 5.74) is 0.616. The summed E-state index contributed by atoms with van der Waals surface area (Å²) in [5.74, 6) is 0. The monoisotopic (exact) mass is 264 g/mol. The molecule has 0 saturated carbocycles. The number of allylic oxidation sites excluding steroid dienone is 2. The first-order valence-corrected chi connectivity index (χ1v) is 5.64. The molecule has 0 spiro atoms. The van der Waals surface area contributed by atoms with Gasteiger partial charge in [0.1, 0.15) is 0 Å². The van der Waals surface area contributed by atoms with Crippen molar-refractivity contribution in [3.05, 3.63) is 53.3 Å². The van der Waals surface area contributed by atoms with Crippen molar-refractivity contribution < 1.29 is 13.2 Å². The summed E-state index contributed by atoms with van der Waals surface area (Å²) in [6.07, 6.45) is -2.17. The van der Waals surface area contributed by atoms with Crippen molar-refractivity contribution in [2.45, 2.75) is 13.1 Å². The van der Waals surface area contributed by atoms with Crippen LogP contribution in [0.1, 0.15) is 5.56 Å². The smallest absolute Gasteiger partial charge is 0.343 e. The van der Waals surface area contributed by atoms with Crippen LogP contribution in [0.3, 0.4) is 0 Å². The van der Waals surface area contributed by atoms with Crippen molar-refractivity contribution in [3.8, 4) is 6.07 Å². The number of para-hydroxylation sites is 1. The second-order valence-electron chi connectivity index (χ2n) is 4.23. The van der Waals surface area contributed by atoms with Crippen molar-refractivity contribution in [1.29, 1.82) is 5.26 Å². The molecule has 1 aliphatic heterocycles. The predicted octanol–water partition coefficient (Wildman–Crippen LogP) is 3.71. The zero-order valence-electron chi connectivity index (χ0n) is 10.2. The van der Waals surface area contributed by atoms with Gasteiger partial charge in [-0.1, -0.05) is 18.2 Å². The van der Waals surface area contributed by atoms with Gasteiger partial charge in [0.05, 0.1) is 23.8 Å². The molecule has 0 fully saturated rings. The molecule has 0 unspecified atom stereocenters. The minimum Gasteiger partial charge on any atom is -0.343 e. The second-order valence-corrected chi connectivity index (χ2v) is 4.23. The molecule has 0 amide bonds. The molecule has 0 bridgehead atoms. The lowest BCUT2D eigenvalue weighted by Crippen LogP contribution is -2.27. The van der Waals surface area contributed by atoms with Gasteiger partial charge in [-0.2, -0.15) is 18.4 Å². The largest absolute Gasteiger partial charge is 0.417 e. The van der Waals surface area contributed by atoms with Gasteiger partial charge >= 0.3 is 6.18 Å². The van der Waals surface area contributed by atoms with Crippen LogP contribution in [0.15, 0.2) is 47.7 Å². The van der Waals surface area contributed by atoms with E-state index >= 15 is 0 Å². The van der Waals surface area contributed by atoms with Crippen LogP contribution in [0, 0.1) is 18.3 Å². The fourth-order valence-corrected chi connectivity index (χ4v) is 1.99. The summed E-state index contributed by atoms with van der Waals surface area (Å²) in [5, 5.41) is 8.89. The highest BCUT2D eigenvalue weighted by Crippen LogP contribution is 2.33. The maximum Gasteiger partial charge on any atom is 0.417 e. The number of halogens is 3. The maximum atomic E-state index is 12.7. The van der Waals surface area contributed by atoms with Crippen LogP contribution in [0.5, 0.6) is 0 Å². The molecular weight excluding hydrogens is 253 g/mol. The molecular formula is C14H11F3N2. The molecule has 1 aromatic carbocycles. The van der Waals surface area contributed by atoms with Crippen LogP contribution in [-0.2, 0) is 0 Å². The fourth-order valence-electron chi connectivity index (χ4n) is 1.99. The van der Waals surface area contributed by atoms with E-state index in [1.165, 1.54) is 6.20 Å². The number of hydrogen-bond donors (Lipinski definition) is 0. The SMILES string of the molecule is Cc1ccccc1N1C=CC(C(F)(F)F)=C(C#N)C1. The van der Waals surface area contributed by atoms with E-state index in [9.17, 15) is 13.2 Å². The predicted molar refractivity (Wildman–Crippen MR) is 66.4 cm³/mol. The highest BCUT2D eigenvalue weighted by atomic mass is 19.4. The molecule has 1 heterocycles. The summed E-state index contributed by atoms with van der Waals surface area (Å²) in [6.45, 7) is 1.81. The van der Waals surface area contributed by atoms with Crippen molar-refractivity contribution in [3.63, 3.8) is 0 Å². The Balaban J connectivity index is 2.36. The highest BCUT2D eigenvalue weighted by Gasteiger charge is 2.36. The van der Waals surface area contributed by atoms with Crippen LogP contribution >= 0.6 is 0 Å². The van der Waals surface area contributed by atoms with Gasteiger partial charge < -0.3 is 4.90 Å². The van der Waals surface area contributed by atoms with E-state index in [0.29, 0.717) is 0 Å². The quantitative estimate of drug-likeness (QED) is 0.773. The van der Waals surface area contributed by atoms with Gasteiger partial charge in [-0.3, -0.25) is 0 Å². The number of hydrogen-bond acceptors (Lipinski definition) is 2. The van der Waals surface area contributed by atoms with Crippen molar-refractivity contribution in [2.75, 3.05) is 11.4 Å². The van der Waals surface area contributed by atoms with E-state index in [-0.39, 0.29) is 12.1 Å². The third-order valence-corrected chi connectivity index (χ3v) is 2.94. The summed E-state index contributed by atoms with van der Waals surface area (Å²) >= 11 is 0. The number of aryl methyl sites for hydroxylation is 1. The number of rotatable bonds is 1. The van der Waals surface area contributed by atoms with Crippen LogP contribution in [0.4, 0.5) is 18.9 Å². The van der Waals surface area contributed by atoms with Crippen LogP contribution < -0.4 is 4.90 Å². The maximum absolute atomic E-state index is 12.7. The molecule has 1 aromatic rings. The van der Waals surface area contributed by atoms with Crippen molar-refractivity contribution >= 4 is 5.69 Å². The molecule has 98 valence electrons. The molecule has 2 rings (SSSR count). The molecule has 1 aliphatic rings. The zero-order valence-corrected chi connectivity index (χ0v) is 10.2. The highest BCUT2D eigenvalue weighted by molar-refractivity contribution is 5.60. The molecule has 0 aromatic heterocycles. The average molecular weight is 264 g/mol. The summed E-state index contributed by atoms with van der Waals surface area (Å²) in [6, 6.07) is 9.00. The lowest BCUT2D eigenvalue weighted by Gasteiger charge is -2.26. The Hall–Kier alpha value is -2.22. The fraction of sp³-hybridized carbons (Fsp3) is 0.214. The van der Waals surface area contributed by atoms with Gasteiger partial charge in [0.2, 0.25) is 0 Å². The first-order chi connectivity index (χ1) is 8.93. The summed E-state index contributed by atoms with van der Waals surface area (Å²) in [4.78, 5) is 1.64. The van der Waals surface area contributed by atoms with Crippen LogP contribution in [0.25, 0.3) is 0 Å². The molecule has 0 saturated heterocycles. The lowest BCUT2D eigenvalue weighted by atomic mass is 10.0. The molecule has 0 N–H and O–H groups in total. The van der Waals surface area contributed by atoms with Gasteiger partial charge in [0.15, 0.2) is 0 Å². The Bertz CT molecular complexity index is 591. The van der Waals surface area contributed by atoms with E-state index in [1.54, 1.807) is 11.0 Å². The first kappa shape index (κ1) is 13.2. The standard InChI is InChI=1S/C14H11F3N2/c1-10-4-2-3-5-13(10)19-7-6-12(14(15,16)17)11(8-18)9-19/h2-7H,9H2,1H3. The van der Waals surface area contributed by atoms with Gasteiger partial charge in [0, 0.05) is 11.9 Å². The molecule has 0 radical (unpaired) electrons.